The summed E-state index contributed by atoms with van der Waals surface area (Å²) in [5, 5.41) is 2.54. The van der Waals surface area contributed by atoms with Gasteiger partial charge in [0.25, 0.3) is 5.91 Å². The molecular formula is C14H12F2N2O3. The fourth-order valence-corrected chi connectivity index (χ4v) is 1.63. The third-order valence-corrected chi connectivity index (χ3v) is 2.54. The number of hydrogen-bond donors (Lipinski definition) is 1. The van der Waals surface area contributed by atoms with Gasteiger partial charge in [-0.25, -0.2) is 0 Å². The number of amides is 1. The van der Waals surface area contributed by atoms with Crippen LogP contribution in [0.4, 0.5) is 14.5 Å². The van der Waals surface area contributed by atoms with E-state index in [9.17, 15) is 13.6 Å². The molecule has 2 aromatic rings. The first-order valence-corrected chi connectivity index (χ1v) is 5.95. The highest BCUT2D eigenvalue weighted by molar-refractivity contribution is 6.02. The molecule has 0 fully saturated rings. The summed E-state index contributed by atoms with van der Waals surface area (Å²) in [5.74, 6) is -0.471. The second kappa shape index (κ2) is 6.65. The molecule has 1 aromatic carbocycles. The van der Waals surface area contributed by atoms with Gasteiger partial charge < -0.3 is 14.8 Å². The zero-order valence-electron chi connectivity index (χ0n) is 11.0. The number of nitrogens with one attached hydrogen (secondary N) is 1. The van der Waals surface area contributed by atoms with E-state index in [2.05, 4.69) is 15.0 Å². The average molecular weight is 294 g/mol. The van der Waals surface area contributed by atoms with Gasteiger partial charge in [0.15, 0.2) is 11.5 Å². The summed E-state index contributed by atoms with van der Waals surface area (Å²) in [6.07, 6.45) is 1.48. The second-order valence-corrected chi connectivity index (χ2v) is 3.91. The van der Waals surface area contributed by atoms with Crippen molar-refractivity contribution in [3.8, 4) is 11.5 Å². The van der Waals surface area contributed by atoms with Gasteiger partial charge in [0, 0.05) is 18.0 Å². The summed E-state index contributed by atoms with van der Waals surface area (Å²) in [7, 11) is 1.33. The number of ether oxygens (including phenoxy) is 2. The quantitative estimate of drug-likeness (QED) is 0.921. The molecule has 7 heteroatoms. The van der Waals surface area contributed by atoms with Crippen LogP contribution in [0.2, 0.25) is 0 Å². The van der Waals surface area contributed by atoms with Gasteiger partial charge in [-0.05, 0) is 24.3 Å². The van der Waals surface area contributed by atoms with E-state index in [-0.39, 0.29) is 17.2 Å². The van der Waals surface area contributed by atoms with Crippen molar-refractivity contribution >= 4 is 11.6 Å². The van der Waals surface area contributed by atoms with E-state index in [4.69, 9.17) is 4.74 Å². The van der Waals surface area contributed by atoms with Gasteiger partial charge in [-0.3, -0.25) is 9.78 Å². The number of carbonyl (C=O) groups is 1. The maximum atomic E-state index is 12.3. The lowest BCUT2D eigenvalue weighted by Crippen LogP contribution is -2.13. The van der Waals surface area contributed by atoms with Gasteiger partial charge in [-0.2, -0.15) is 8.78 Å². The SMILES string of the molecule is COc1ccc(NC(=O)c2ccccn2)cc1OC(F)F. The zero-order chi connectivity index (χ0) is 15.2. The molecule has 1 amide bonds. The minimum absolute atomic E-state index is 0.145. The number of methoxy groups -OCH3 is 1. The molecule has 110 valence electrons. The van der Waals surface area contributed by atoms with Crippen LogP contribution in [0.3, 0.4) is 0 Å². The zero-order valence-corrected chi connectivity index (χ0v) is 11.0. The van der Waals surface area contributed by atoms with Crippen LogP contribution in [0, 0.1) is 0 Å². The number of anilines is 1. The second-order valence-electron chi connectivity index (χ2n) is 3.91. The number of halogens is 2. The molecule has 1 aromatic heterocycles. The maximum Gasteiger partial charge on any atom is 0.387 e. The van der Waals surface area contributed by atoms with E-state index >= 15 is 0 Å². The Bertz CT molecular complexity index is 621. The molecule has 0 aliphatic heterocycles. The molecule has 21 heavy (non-hydrogen) atoms. The van der Waals surface area contributed by atoms with Crippen molar-refractivity contribution in [3.63, 3.8) is 0 Å². The lowest BCUT2D eigenvalue weighted by atomic mass is 10.2. The number of carbonyl (C=O) groups excluding carboxylic acids is 1. The minimum Gasteiger partial charge on any atom is -0.493 e. The third kappa shape index (κ3) is 3.88. The predicted octanol–water partition coefficient (Wildman–Crippen LogP) is 2.94. The Labute approximate surface area is 119 Å². The lowest BCUT2D eigenvalue weighted by molar-refractivity contribution is -0.0511. The number of hydrogen-bond acceptors (Lipinski definition) is 4. The largest absolute Gasteiger partial charge is 0.493 e. The maximum absolute atomic E-state index is 12.3. The van der Waals surface area contributed by atoms with E-state index in [1.807, 2.05) is 0 Å². The number of alkyl halides is 2. The van der Waals surface area contributed by atoms with Crippen LogP contribution in [-0.2, 0) is 0 Å². The molecular weight excluding hydrogens is 282 g/mol. The molecule has 0 bridgehead atoms. The summed E-state index contributed by atoms with van der Waals surface area (Å²) in [6, 6.07) is 9.07. The van der Waals surface area contributed by atoms with Crippen molar-refractivity contribution in [2.24, 2.45) is 0 Å². The van der Waals surface area contributed by atoms with E-state index in [0.29, 0.717) is 5.69 Å². The molecule has 0 saturated heterocycles. The van der Waals surface area contributed by atoms with Crippen molar-refractivity contribution in [1.29, 1.82) is 0 Å². The molecule has 0 radical (unpaired) electrons. The van der Waals surface area contributed by atoms with Gasteiger partial charge in [0.2, 0.25) is 0 Å². The topological polar surface area (TPSA) is 60.5 Å². The van der Waals surface area contributed by atoms with Gasteiger partial charge in [-0.1, -0.05) is 6.07 Å². The number of pyridine rings is 1. The number of aromatic nitrogens is 1. The van der Waals surface area contributed by atoms with Gasteiger partial charge >= 0.3 is 6.61 Å². The van der Waals surface area contributed by atoms with Crippen LogP contribution >= 0.6 is 0 Å². The standard InChI is InChI=1S/C14H12F2N2O3/c1-20-11-6-5-9(8-12(11)21-14(15)16)18-13(19)10-4-2-3-7-17-10/h2-8,14H,1H3,(H,18,19). The molecule has 0 aliphatic rings. The van der Waals surface area contributed by atoms with Gasteiger partial charge in [-0.15, -0.1) is 0 Å². The fraction of sp³-hybridized carbons (Fsp3) is 0.143. The van der Waals surface area contributed by atoms with Crippen LogP contribution in [0.1, 0.15) is 10.5 Å². The summed E-state index contributed by atoms with van der Waals surface area (Å²) < 4.78 is 33.9. The van der Waals surface area contributed by atoms with Gasteiger partial charge in [0.1, 0.15) is 5.69 Å². The Morgan fingerprint density at radius 2 is 2.05 bits per heavy atom. The average Bonchev–Trinajstić information content (AvgIpc) is 2.48. The first-order valence-electron chi connectivity index (χ1n) is 5.95. The van der Waals surface area contributed by atoms with E-state index in [1.165, 1.54) is 37.6 Å². The van der Waals surface area contributed by atoms with E-state index in [1.54, 1.807) is 12.1 Å². The summed E-state index contributed by atoms with van der Waals surface area (Å²) in [5.41, 5.74) is 0.506. The Kier molecular flexibility index (Phi) is 4.65. The molecule has 5 nitrogen and oxygen atoms in total. The van der Waals surface area contributed by atoms with Crippen LogP contribution in [0.5, 0.6) is 11.5 Å². The molecule has 0 spiro atoms. The predicted molar refractivity (Wildman–Crippen MR) is 71.8 cm³/mol. The Hall–Kier alpha value is -2.70. The highest BCUT2D eigenvalue weighted by Gasteiger charge is 2.13. The number of rotatable bonds is 5. The van der Waals surface area contributed by atoms with E-state index in [0.717, 1.165) is 0 Å². The van der Waals surface area contributed by atoms with Crippen molar-refractivity contribution in [3.05, 3.63) is 48.3 Å². The van der Waals surface area contributed by atoms with Crippen molar-refractivity contribution in [1.82, 2.24) is 4.98 Å². The Balaban J connectivity index is 2.19. The molecule has 0 atom stereocenters. The Morgan fingerprint density at radius 3 is 2.67 bits per heavy atom. The van der Waals surface area contributed by atoms with Crippen LogP contribution in [0.25, 0.3) is 0 Å². The summed E-state index contributed by atoms with van der Waals surface area (Å²) in [4.78, 5) is 15.8. The lowest BCUT2D eigenvalue weighted by Gasteiger charge is -2.12. The Morgan fingerprint density at radius 1 is 1.24 bits per heavy atom. The molecule has 1 N–H and O–H groups in total. The van der Waals surface area contributed by atoms with Crippen LogP contribution in [-0.4, -0.2) is 24.6 Å². The molecule has 2 rings (SSSR count). The van der Waals surface area contributed by atoms with Crippen LogP contribution < -0.4 is 14.8 Å². The first kappa shape index (κ1) is 14.7. The highest BCUT2D eigenvalue weighted by atomic mass is 19.3. The monoisotopic (exact) mass is 294 g/mol. The smallest absolute Gasteiger partial charge is 0.387 e. The van der Waals surface area contributed by atoms with Crippen molar-refractivity contribution < 1.29 is 23.0 Å². The minimum atomic E-state index is -2.99. The van der Waals surface area contributed by atoms with Crippen molar-refractivity contribution in [2.45, 2.75) is 6.61 Å². The third-order valence-electron chi connectivity index (χ3n) is 2.54. The number of nitrogens with zero attached hydrogens (tertiary/aromatic N) is 1. The summed E-state index contributed by atoms with van der Waals surface area (Å²) >= 11 is 0. The van der Waals surface area contributed by atoms with E-state index < -0.39 is 12.5 Å². The molecule has 0 saturated carbocycles. The molecule has 1 heterocycles. The molecule has 0 unspecified atom stereocenters. The number of benzene rings is 1. The van der Waals surface area contributed by atoms with Gasteiger partial charge in [0.05, 0.1) is 7.11 Å². The molecule has 0 aliphatic carbocycles. The fourth-order valence-electron chi connectivity index (χ4n) is 1.63. The summed E-state index contributed by atoms with van der Waals surface area (Å²) in [6.45, 7) is -2.99. The van der Waals surface area contributed by atoms with Crippen LogP contribution in [0.15, 0.2) is 42.6 Å². The highest BCUT2D eigenvalue weighted by Crippen LogP contribution is 2.31. The first-order chi connectivity index (χ1) is 10.1. The normalized spacial score (nSPS) is 10.3. The van der Waals surface area contributed by atoms with Crippen molar-refractivity contribution in [2.75, 3.05) is 12.4 Å².